The lowest BCUT2D eigenvalue weighted by Gasteiger charge is -2.63. The summed E-state index contributed by atoms with van der Waals surface area (Å²) in [7, 11) is 0. The SMILES string of the molecule is O=C1C2CCCCC2[C@@]2(CC3=C(CCCC3)N(C3CC3)C2=O)[C@H](C2CCC(CO)CC2)N1CC1CCCCC1Cl. The number of nitrogens with zero attached hydrogens (tertiary/aromatic N) is 2. The van der Waals surface area contributed by atoms with Gasteiger partial charge in [0, 0.05) is 42.2 Å². The molecule has 2 amide bonds. The highest BCUT2D eigenvalue weighted by molar-refractivity contribution is 6.20. The van der Waals surface area contributed by atoms with Gasteiger partial charge in [-0.25, -0.2) is 0 Å². The summed E-state index contributed by atoms with van der Waals surface area (Å²) in [5.74, 6) is 1.96. The van der Waals surface area contributed by atoms with Crippen LogP contribution in [0.15, 0.2) is 11.3 Å². The summed E-state index contributed by atoms with van der Waals surface area (Å²) in [6, 6.07) is 0.367. The number of amides is 2. The molecule has 222 valence electrons. The molecule has 0 aromatic heterocycles. The molecule has 7 rings (SSSR count). The van der Waals surface area contributed by atoms with Gasteiger partial charge in [-0.05, 0) is 126 Å². The predicted molar refractivity (Wildman–Crippen MR) is 157 cm³/mol. The van der Waals surface area contributed by atoms with Crippen LogP contribution in [0, 0.1) is 35.0 Å². The van der Waals surface area contributed by atoms with Crippen LogP contribution < -0.4 is 0 Å². The van der Waals surface area contributed by atoms with E-state index in [1.54, 1.807) is 5.57 Å². The van der Waals surface area contributed by atoms with Crippen molar-refractivity contribution >= 4 is 23.4 Å². The molecule has 7 aliphatic rings. The fourth-order valence-electron chi connectivity index (χ4n) is 10.5. The van der Waals surface area contributed by atoms with Gasteiger partial charge >= 0.3 is 0 Å². The Labute approximate surface area is 246 Å². The first-order chi connectivity index (χ1) is 19.5. The number of carbonyl (C=O) groups is 2. The summed E-state index contributed by atoms with van der Waals surface area (Å²) in [5, 5.41) is 10.1. The van der Waals surface area contributed by atoms with Crippen molar-refractivity contribution in [3.05, 3.63) is 11.3 Å². The molecule has 5 fully saturated rings. The van der Waals surface area contributed by atoms with Crippen molar-refractivity contribution in [3.63, 3.8) is 0 Å². The number of piperidine rings is 1. The van der Waals surface area contributed by atoms with Gasteiger partial charge in [0.25, 0.3) is 0 Å². The van der Waals surface area contributed by atoms with Crippen LogP contribution in [-0.2, 0) is 9.59 Å². The van der Waals surface area contributed by atoms with Crippen LogP contribution >= 0.6 is 11.6 Å². The molecule has 0 radical (unpaired) electrons. The molecule has 5 nitrogen and oxygen atoms in total. The minimum Gasteiger partial charge on any atom is -0.396 e. The molecule has 6 heteroatoms. The number of fused-ring (bicyclic) bond motifs is 2. The van der Waals surface area contributed by atoms with Gasteiger partial charge in [0.1, 0.15) is 0 Å². The zero-order valence-corrected chi connectivity index (χ0v) is 25.3. The number of hydrogen-bond acceptors (Lipinski definition) is 3. The maximum Gasteiger partial charge on any atom is 0.235 e. The first-order valence-corrected chi connectivity index (χ1v) is 17.6. The maximum atomic E-state index is 15.4. The summed E-state index contributed by atoms with van der Waals surface area (Å²) >= 11 is 6.98. The van der Waals surface area contributed by atoms with Gasteiger partial charge in [0.15, 0.2) is 0 Å². The van der Waals surface area contributed by atoms with Crippen molar-refractivity contribution in [1.29, 1.82) is 0 Å². The van der Waals surface area contributed by atoms with E-state index in [2.05, 4.69) is 9.80 Å². The van der Waals surface area contributed by atoms with Crippen molar-refractivity contribution in [2.45, 2.75) is 139 Å². The average Bonchev–Trinajstić information content (AvgIpc) is 3.83. The normalized spacial score (nSPS) is 42.7. The molecule has 4 unspecified atom stereocenters. The summed E-state index contributed by atoms with van der Waals surface area (Å²) in [4.78, 5) is 34.7. The number of carbonyl (C=O) groups excluding carboxylic acids is 2. The van der Waals surface area contributed by atoms with E-state index in [9.17, 15) is 9.90 Å². The minimum absolute atomic E-state index is 0.00751. The second kappa shape index (κ2) is 11.2. The van der Waals surface area contributed by atoms with Crippen LogP contribution in [0.2, 0.25) is 0 Å². The Hall–Kier alpha value is -1.07. The van der Waals surface area contributed by atoms with E-state index < -0.39 is 5.41 Å². The summed E-state index contributed by atoms with van der Waals surface area (Å²) in [5.41, 5.74) is 2.47. The van der Waals surface area contributed by atoms with E-state index >= 15 is 4.79 Å². The Morgan fingerprint density at radius 2 is 1.55 bits per heavy atom. The van der Waals surface area contributed by atoms with Crippen LogP contribution in [0.4, 0.5) is 0 Å². The first kappa shape index (κ1) is 27.7. The van der Waals surface area contributed by atoms with Crippen molar-refractivity contribution in [1.82, 2.24) is 9.80 Å². The molecule has 4 saturated carbocycles. The Balaban J connectivity index is 1.35. The molecule has 2 aliphatic heterocycles. The highest BCUT2D eigenvalue weighted by Crippen LogP contribution is 2.61. The molecule has 40 heavy (non-hydrogen) atoms. The van der Waals surface area contributed by atoms with Crippen molar-refractivity contribution in [2.75, 3.05) is 13.2 Å². The smallest absolute Gasteiger partial charge is 0.235 e. The van der Waals surface area contributed by atoms with Crippen molar-refractivity contribution < 1.29 is 14.7 Å². The zero-order valence-electron chi connectivity index (χ0n) is 24.5. The molecule has 2 heterocycles. The predicted octanol–water partition coefficient (Wildman–Crippen LogP) is 6.81. The Bertz CT molecular complexity index is 1020. The van der Waals surface area contributed by atoms with Crippen molar-refractivity contribution in [2.24, 2.45) is 35.0 Å². The van der Waals surface area contributed by atoms with Gasteiger partial charge < -0.3 is 14.9 Å². The molecule has 0 aromatic rings. The largest absolute Gasteiger partial charge is 0.396 e. The lowest BCUT2D eigenvalue weighted by atomic mass is 9.50. The minimum atomic E-state index is -0.481. The summed E-state index contributed by atoms with van der Waals surface area (Å²) < 4.78 is 0. The standard InChI is InChI=1S/C34H51ClN2O3/c35-29-11-5-1-8-25(29)20-36-31(23-15-13-22(21-38)14-16-23)34(28-10-4-3-9-27(28)32(36)39)19-24-7-2-6-12-30(24)37(33(34)40)26-17-18-26/h22-23,25-29,31,38H,1-21H2/t22?,23?,25?,27?,28?,29?,31-,34-/m0/s1. The zero-order chi connectivity index (χ0) is 27.4. The number of hydrogen-bond donors (Lipinski definition) is 1. The molecule has 0 aromatic carbocycles. The van der Waals surface area contributed by atoms with E-state index in [1.807, 2.05) is 0 Å². The van der Waals surface area contributed by atoms with Crippen LogP contribution in [0.25, 0.3) is 0 Å². The van der Waals surface area contributed by atoms with E-state index in [0.717, 1.165) is 103 Å². The Morgan fingerprint density at radius 3 is 2.30 bits per heavy atom. The second-order valence-corrected chi connectivity index (χ2v) is 15.4. The molecule has 1 N–H and O–H groups in total. The van der Waals surface area contributed by atoms with Gasteiger partial charge in [-0.1, -0.05) is 25.7 Å². The lowest BCUT2D eigenvalue weighted by Crippen LogP contribution is -2.72. The number of rotatable bonds is 5. The average molecular weight is 571 g/mol. The molecule has 6 atom stereocenters. The van der Waals surface area contributed by atoms with E-state index in [-0.39, 0.29) is 29.9 Å². The molecular formula is C34H51ClN2O3. The molecular weight excluding hydrogens is 520 g/mol. The second-order valence-electron chi connectivity index (χ2n) is 14.8. The van der Waals surface area contributed by atoms with Gasteiger partial charge in [-0.15, -0.1) is 11.6 Å². The highest BCUT2D eigenvalue weighted by Gasteiger charge is 2.67. The third-order valence-electron chi connectivity index (χ3n) is 12.6. The number of halogens is 1. The summed E-state index contributed by atoms with van der Waals surface area (Å²) in [6.45, 7) is 1.00. The van der Waals surface area contributed by atoms with Crippen molar-refractivity contribution in [3.8, 4) is 0 Å². The number of allylic oxidation sites excluding steroid dienone is 2. The maximum absolute atomic E-state index is 15.4. The number of aliphatic hydroxyl groups excluding tert-OH is 1. The van der Waals surface area contributed by atoms with Gasteiger partial charge in [-0.3, -0.25) is 9.59 Å². The van der Waals surface area contributed by atoms with E-state index in [4.69, 9.17) is 11.6 Å². The molecule has 1 saturated heterocycles. The first-order valence-electron chi connectivity index (χ1n) is 17.1. The summed E-state index contributed by atoms with van der Waals surface area (Å²) in [6.07, 6.45) is 20.6. The quantitative estimate of drug-likeness (QED) is 0.369. The fourth-order valence-corrected chi connectivity index (χ4v) is 10.9. The third kappa shape index (κ3) is 4.59. The number of alkyl halides is 1. The number of likely N-dealkylation sites (tertiary alicyclic amines) is 1. The van der Waals surface area contributed by atoms with Crippen LogP contribution in [-0.4, -0.2) is 57.3 Å². The fraction of sp³-hybridized carbons (Fsp3) is 0.882. The lowest BCUT2D eigenvalue weighted by molar-refractivity contribution is -0.185. The third-order valence-corrected chi connectivity index (χ3v) is 13.2. The van der Waals surface area contributed by atoms with Gasteiger partial charge in [0.05, 0.1) is 5.41 Å². The Morgan fingerprint density at radius 1 is 0.825 bits per heavy atom. The van der Waals surface area contributed by atoms with Crippen LogP contribution in [0.5, 0.6) is 0 Å². The molecule has 0 bridgehead atoms. The Kier molecular flexibility index (Phi) is 7.78. The topological polar surface area (TPSA) is 60.9 Å². The number of aliphatic hydroxyl groups is 1. The van der Waals surface area contributed by atoms with Crippen LogP contribution in [0.3, 0.4) is 0 Å². The molecule has 1 spiro atoms. The van der Waals surface area contributed by atoms with Gasteiger partial charge in [-0.2, -0.15) is 0 Å². The van der Waals surface area contributed by atoms with Crippen LogP contribution in [0.1, 0.15) is 122 Å². The monoisotopic (exact) mass is 570 g/mol. The van der Waals surface area contributed by atoms with E-state index in [0.29, 0.717) is 35.6 Å². The van der Waals surface area contributed by atoms with E-state index in [1.165, 1.54) is 31.4 Å². The molecule has 5 aliphatic carbocycles. The highest BCUT2D eigenvalue weighted by atomic mass is 35.5. The van der Waals surface area contributed by atoms with Gasteiger partial charge in [0.2, 0.25) is 11.8 Å².